The summed E-state index contributed by atoms with van der Waals surface area (Å²) >= 11 is 0. The molecular weight excluding hydrogens is 366 g/mol. The van der Waals surface area contributed by atoms with Crippen LogP contribution in [0.5, 0.6) is 0 Å². The molecule has 1 aromatic carbocycles. The highest BCUT2D eigenvalue weighted by molar-refractivity contribution is 5.81. The fourth-order valence-electron chi connectivity index (χ4n) is 4.63. The summed E-state index contributed by atoms with van der Waals surface area (Å²) in [5.74, 6) is 0.101. The number of rotatable bonds is 7. The molecule has 2 aliphatic rings. The van der Waals surface area contributed by atoms with Gasteiger partial charge in [0.1, 0.15) is 6.10 Å². The number of benzene rings is 1. The highest BCUT2D eigenvalue weighted by atomic mass is 16.3. The number of piperidine rings is 2. The molecule has 0 radical (unpaired) electrons. The lowest BCUT2D eigenvalue weighted by molar-refractivity contribution is -0.146. The zero-order chi connectivity index (χ0) is 20.9. The molecule has 0 aromatic heterocycles. The summed E-state index contributed by atoms with van der Waals surface area (Å²) in [6.07, 6.45) is 3.72. The van der Waals surface area contributed by atoms with Crippen LogP contribution in [0.15, 0.2) is 30.3 Å². The Kier molecular flexibility index (Phi) is 7.30. The van der Waals surface area contributed by atoms with Crippen molar-refractivity contribution in [2.45, 2.75) is 44.6 Å². The molecule has 1 N–H and O–H groups in total. The monoisotopic (exact) mass is 401 g/mol. The fourth-order valence-corrected chi connectivity index (χ4v) is 4.63. The first-order valence-electron chi connectivity index (χ1n) is 10.8. The SMILES string of the molecule is CN(C)CCCN1CC2(CCC1=O)CCN(C(=O)[C@@H](O)Cc1ccccc1)CC2. The molecule has 3 rings (SSSR count). The largest absolute Gasteiger partial charge is 0.383 e. The third-order valence-electron chi connectivity index (χ3n) is 6.47. The van der Waals surface area contributed by atoms with Crippen molar-refractivity contribution in [3.05, 3.63) is 35.9 Å². The Morgan fingerprint density at radius 3 is 2.52 bits per heavy atom. The number of hydrogen-bond acceptors (Lipinski definition) is 4. The molecule has 0 unspecified atom stereocenters. The van der Waals surface area contributed by atoms with Crippen molar-refractivity contribution < 1.29 is 14.7 Å². The van der Waals surface area contributed by atoms with Crippen LogP contribution in [0.1, 0.15) is 37.7 Å². The minimum absolute atomic E-state index is 0.132. The van der Waals surface area contributed by atoms with Gasteiger partial charge in [0.25, 0.3) is 5.91 Å². The van der Waals surface area contributed by atoms with Crippen LogP contribution in [-0.4, -0.2) is 84.5 Å². The molecule has 2 aliphatic heterocycles. The van der Waals surface area contributed by atoms with Crippen molar-refractivity contribution in [3.63, 3.8) is 0 Å². The van der Waals surface area contributed by atoms with Crippen LogP contribution in [0.4, 0.5) is 0 Å². The molecule has 1 aromatic rings. The van der Waals surface area contributed by atoms with Gasteiger partial charge >= 0.3 is 0 Å². The predicted molar refractivity (Wildman–Crippen MR) is 113 cm³/mol. The number of nitrogens with zero attached hydrogens (tertiary/aromatic N) is 3. The third kappa shape index (κ3) is 5.80. The van der Waals surface area contributed by atoms with Gasteiger partial charge in [-0.3, -0.25) is 9.59 Å². The average Bonchev–Trinajstić information content (AvgIpc) is 2.71. The van der Waals surface area contributed by atoms with Crippen molar-refractivity contribution in [1.29, 1.82) is 0 Å². The molecule has 0 bridgehead atoms. The Bertz CT molecular complexity index is 684. The highest BCUT2D eigenvalue weighted by Gasteiger charge is 2.42. The van der Waals surface area contributed by atoms with E-state index in [2.05, 4.69) is 19.0 Å². The topological polar surface area (TPSA) is 64.1 Å². The quantitative estimate of drug-likeness (QED) is 0.756. The number of aliphatic hydroxyl groups excluding tert-OH is 1. The van der Waals surface area contributed by atoms with Gasteiger partial charge in [-0.1, -0.05) is 30.3 Å². The molecule has 1 atom stereocenters. The lowest BCUT2D eigenvalue weighted by Gasteiger charge is -2.47. The summed E-state index contributed by atoms with van der Waals surface area (Å²) in [5.41, 5.74) is 1.11. The van der Waals surface area contributed by atoms with Crippen molar-refractivity contribution in [3.8, 4) is 0 Å². The first kappa shape index (κ1) is 21.8. The molecule has 0 aliphatic carbocycles. The number of hydrogen-bond donors (Lipinski definition) is 1. The normalized spacial score (nSPS) is 20.3. The molecule has 2 heterocycles. The first-order valence-corrected chi connectivity index (χ1v) is 10.8. The summed E-state index contributed by atoms with van der Waals surface area (Å²) in [6, 6.07) is 9.65. The molecule has 160 valence electrons. The maximum atomic E-state index is 12.7. The van der Waals surface area contributed by atoms with E-state index in [1.807, 2.05) is 40.1 Å². The number of likely N-dealkylation sites (tertiary alicyclic amines) is 2. The van der Waals surface area contributed by atoms with Crippen LogP contribution in [-0.2, 0) is 16.0 Å². The predicted octanol–water partition coefficient (Wildman–Crippen LogP) is 1.77. The summed E-state index contributed by atoms with van der Waals surface area (Å²) < 4.78 is 0. The van der Waals surface area contributed by atoms with Gasteiger partial charge in [-0.25, -0.2) is 0 Å². The number of aliphatic hydroxyl groups is 1. The third-order valence-corrected chi connectivity index (χ3v) is 6.47. The zero-order valence-electron chi connectivity index (χ0n) is 17.8. The zero-order valence-corrected chi connectivity index (χ0v) is 17.8. The molecule has 6 heteroatoms. The number of carbonyl (C=O) groups excluding carboxylic acids is 2. The van der Waals surface area contributed by atoms with Crippen LogP contribution in [0.25, 0.3) is 0 Å². The van der Waals surface area contributed by atoms with Crippen LogP contribution in [0.3, 0.4) is 0 Å². The van der Waals surface area contributed by atoms with E-state index < -0.39 is 6.10 Å². The minimum atomic E-state index is -0.984. The smallest absolute Gasteiger partial charge is 0.251 e. The van der Waals surface area contributed by atoms with Crippen LogP contribution in [0, 0.1) is 5.41 Å². The van der Waals surface area contributed by atoms with Gasteiger partial charge in [0.05, 0.1) is 0 Å². The fraction of sp³-hybridized carbons (Fsp3) is 0.652. The van der Waals surface area contributed by atoms with Gasteiger partial charge in [-0.05, 0) is 57.3 Å². The highest BCUT2D eigenvalue weighted by Crippen LogP contribution is 2.40. The van der Waals surface area contributed by atoms with Crippen LogP contribution < -0.4 is 0 Å². The Hall–Kier alpha value is -1.92. The van der Waals surface area contributed by atoms with Crippen molar-refractivity contribution >= 4 is 11.8 Å². The molecule has 0 saturated carbocycles. The van der Waals surface area contributed by atoms with E-state index in [4.69, 9.17) is 0 Å². The Balaban J connectivity index is 1.50. The van der Waals surface area contributed by atoms with E-state index in [0.29, 0.717) is 25.9 Å². The molecule has 2 saturated heterocycles. The summed E-state index contributed by atoms with van der Waals surface area (Å²) in [5, 5.41) is 10.4. The van der Waals surface area contributed by atoms with Crippen molar-refractivity contribution in [2.75, 3.05) is 46.8 Å². The second kappa shape index (κ2) is 9.72. The maximum Gasteiger partial charge on any atom is 0.251 e. The first-order chi connectivity index (χ1) is 13.9. The van der Waals surface area contributed by atoms with Gasteiger partial charge in [-0.15, -0.1) is 0 Å². The molecule has 1 spiro atoms. The Labute approximate surface area is 174 Å². The van der Waals surface area contributed by atoms with E-state index in [-0.39, 0.29) is 17.2 Å². The van der Waals surface area contributed by atoms with Gasteiger partial charge in [0.15, 0.2) is 0 Å². The molecule has 29 heavy (non-hydrogen) atoms. The Morgan fingerprint density at radius 1 is 1.17 bits per heavy atom. The lowest BCUT2D eigenvalue weighted by Crippen LogP contribution is -2.54. The van der Waals surface area contributed by atoms with Gasteiger partial charge in [-0.2, -0.15) is 0 Å². The second-order valence-corrected chi connectivity index (χ2v) is 9.00. The summed E-state index contributed by atoms with van der Waals surface area (Å²) in [4.78, 5) is 31.0. The van der Waals surface area contributed by atoms with Crippen LogP contribution in [0.2, 0.25) is 0 Å². The van der Waals surface area contributed by atoms with Gasteiger partial charge < -0.3 is 19.8 Å². The van der Waals surface area contributed by atoms with Gasteiger partial charge in [0.2, 0.25) is 5.91 Å². The van der Waals surface area contributed by atoms with E-state index in [0.717, 1.165) is 50.9 Å². The number of carbonyl (C=O) groups is 2. The molecule has 2 amide bonds. The van der Waals surface area contributed by atoms with E-state index in [9.17, 15) is 14.7 Å². The van der Waals surface area contributed by atoms with Crippen molar-refractivity contribution in [2.24, 2.45) is 5.41 Å². The van der Waals surface area contributed by atoms with Crippen molar-refractivity contribution in [1.82, 2.24) is 14.7 Å². The summed E-state index contributed by atoms with van der Waals surface area (Å²) in [7, 11) is 4.11. The summed E-state index contributed by atoms with van der Waals surface area (Å²) in [6.45, 7) is 3.96. The lowest BCUT2D eigenvalue weighted by atomic mass is 9.72. The standard InChI is InChI=1S/C23H35N3O3/c1-24(2)13-6-14-26-18-23(10-9-21(26)28)11-15-25(16-12-23)22(29)20(27)17-19-7-4-3-5-8-19/h3-5,7-8,20,27H,6,9-18H2,1-2H3/t20-/m0/s1. The molecular formula is C23H35N3O3. The molecule has 6 nitrogen and oxygen atoms in total. The number of amides is 2. The average molecular weight is 402 g/mol. The van der Waals surface area contributed by atoms with Crippen LogP contribution >= 0.6 is 0 Å². The molecule has 2 fully saturated rings. The van der Waals surface area contributed by atoms with E-state index in [1.54, 1.807) is 0 Å². The Morgan fingerprint density at radius 2 is 1.86 bits per heavy atom. The van der Waals surface area contributed by atoms with Gasteiger partial charge in [0, 0.05) is 39.0 Å². The minimum Gasteiger partial charge on any atom is -0.383 e. The van der Waals surface area contributed by atoms with E-state index >= 15 is 0 Å². The maximum absolute atomic E-state index is 12.7. The van der Waals surface area contributed by atoms with E-state index in [1.165, 1.54) is 0 Å². The second-order valence-electron chi connectivity index (χ2n) is 9.00.